The first kappa shape index (κ1) is 22.9. The second-order valence-corrected chi connectivity index (χ2v) is 9.09. The summed E-state index contributed by atoms with van der Waals surface area (Å²) in [4.78, 5) is 23.3. The van der Waals surface area contributed by atoms with Crippen LogP contribution in [0.4, 0.5) is 18.9 Å². The maximum absolute atomic E-state index is 12.7. The standard InChI is InChI=1S/C22H25F3N4O2S/c1-16-13-29(18-2-4-19(5-3-18)32-22(23,24)25)15-28(16)14-17-6-7-26-20(12-17)21(30)27-8-10-31-11-9-27/h2-7,12,16H,8-11,13-15H2,1H3. The van der Waals surface area contributed by atoms with E-state index in [4.69, 9.17) is 4.74 Å². The fourth-order valence-corrected chi connectivity index (χ4v) is 4.49. The molecule has 0 saturated carbocycles. The Hall–Kier alpha value is -2.30. The predicted molar refractivity (Wildman–Crippen MR) is 117 cm³/mol. The highest BCUT2D eigenvalue weighted by atomic mass is 32.2. The summed E-state index contributed by atoms with van der Waals surface area (Å²) in [6.07, 6.45) is 1.67. The van der Waals surface area contributed by atoms with Crippen LogP contribution < -0.4 is 4.90 Å². The molecular formula is C22H25F3N4O2S. The number of anilines is 1. The predicted octanol–water partition coefficient (Wildman–Crippen LogP) is 3.83. The van der Waals surface area contributed by atoms with Crippen molar-refractivity contribution in [1.82, 2.24) is 14.8 Å². The monoisotopic (exact) mass is 466 g/mol. The first-order valence-electron chi connectivity index (χ1n) is 10.5. The first-order chi connectivity index (χ1) is 15.3. The summed E-state index contributed by atoms with van der Waals surface area (Å²) in [7, 11) is 0. The average molecular weight is 467 g/mol. The van der Waals surface area contributed by atoms with Crippen molar-refractivity contribution >= 4 is 23.4 Å². The van der Waals surface area contributed by atoms with Crippen LogP contribution in [0.2, 0.25) is 0 Å². The van der Waals surface area contributed by atoms with Crippen molar-refractivity contribution in [3.63, 3.8) is 0 Å². The second-order valence-electron chi connectivity index (χ2n) is 7.96. The minimum atomic E-state index is -4.28. The molecule has 1 atom stereocenters. The number of benzene rings is 1. The van der Waals surface area contributed by atoms with Crippen LogP contribution in [0.15, 0.2) is 47.5 Å². The Kier molecular flexibility index (Phi) is 6.92. The summed E-state index contributed by atoms with van der Waals surface area (Å²) in [6, 6.07) is 10.5. The lowest BCUT2D eigenvalue weighted by Gasteiger charge is -2.26. The number of hydrogen-bond donors (Lipinski definition) is 0. The Labute approximate surface area is 189 Å². The summed E-state index contributed by atoms with van der Waals surface area (Å²) in [6.45, 7) is 6.44. The Morgan fingerprint density at radius 3 is 2.59 bits per heavy atom. The van der Waals surface area contributed by atoms with Crippen LogP contribution >= 0.6 is 11.8 Å². The summed E-state index contributed by atoms with van der Waals surface area (Å²) >= 11 is -0.104. The van der Waals surface area contributed by atoms with Gasteiger partial charge >= 0.3 is 5.51 Å². The molecule has 2 aromatic rings. The number of morpholine rings is 1. The van der Waals surface area contributed by atoms with Gasteiger partial charge in [-0.15, -0.1) is 0 Å². The van der Waals surface area contributed by atoms with E-state index in [1.54, 1.807) is 23.2 Å². The van der Waals surface area contributed by atoms with E-state index in [0.29, 0.717) is 45.2 Å². The Morgan fingerprint density at radius 1 is 1.19 bits per heavy atom. The molecule has 6 nitrogen and oxygen atoms in total. The zero-order chi connectivity index (χ0) is 22.7. The molecule has 1 aromatic heterocycles. The Bertz CT molecular complexity index is 936. The molecule has 0 radical (unpaired) electrons. The van der Waals surface area contributed by atoms with E-state index < -0.39 is 5.51 Å². The molecular weight excluding hydrogens is 441 g/mol. The van der Waals surface area contributed by atoms with Gasteiger partial charge in [0.2, 0.25) is 0 Å². The van der Waals surface area contributed by atoms with Crippen molar-refractivity contribution in [2.24, 2.45) is 0 Å². The van der Waals surface area contributed by atoms with Gasteiger partial charge in [0.15, 0.2) is 0 Å². The number of nitrogens with zero attached hydrogens (tertiary/aromatic N) is 4. The molecule has 0 N–H and O–H groups in total. The highest BCUT2D eigenvalue weighted by Crippen LogP contribution is 2.37. The summed E-state index contributed by atoms with van der Waals surface area (Å²) in [5, 5.41) is 0. The van der Waals surface area contributed by atoms with E-state index >= 15 is 0 Å². The van der Waals surface area contributed by atoms with Gasteiger partial charge in [-0.2, -0.15) is 13.2 Å². The summed E-state index contributed by atoms with van der Waals surface area (Å²) < 4.78 is 43.0. The molecule has 2 saturated heterocycles. The van der Waals surface area contributed by atoms with Crippen LogP contribution in [0.3, 0.4) is 0 Å². The third kappa shape index (κ3) is 5.73. The molecule has 32 heavy (non-hydrogen) atoms. The van der Waals surface area contributed by atoms with Crippen molar-refractivity contribution < 1.29 is 22.7 Å². The van der Waals surface area contributed by atoms with E-state index in [0.717, 1.165) is 17.8 Å². The quantitative estimate of drug-likeness (QED) is 0.625. The van der Waals surface area contributed by atoms with Gasteiger partial charge in [0, 0.05) is 49.0 Å². The third-order valence-corrected chi connectivity index (χ3v) is 6.36. The molecule has 1 aromatic carbocycles. The van der Waals surface area contributed by atoms with Gasteiger partial charge in [0.1, 0.15) is 5.69 Å². The van der Waals surface area contributed by atoms with E-state index in [1.807, 2.05) is 12.1 Å². The van der Waals surface area contributed by atoms with Gasteiger partial charge in [-0.3, -0.25) is 14.7 Å². The molecule has 10 heteroatoms. The van der Waals surface area contributed by atoms with E-state index in [1.165, 1.54) is 12.1 Å². The number of rotatable bonds is 5. The number of alkyl halides is 3. The molecule has 0 spiro atoms. The fraction of sp³-hybridized carbons (Fsp3) is 0.455. The van der Waals surface area contributed by atoms with Gasteiger partial charge in [0.25, 0.3) is 5.91 Å². The van der Waals surface area contributed by atoms with Crippen LogP contribution in [-0.2, 0) is 11.3 Å². The normalized spacial score (nSPS) is 20.1. The lowest BCUT2D eigenvalue weighted by Crippen LogP contribution is -2.41. The number of ether oxygens (including phenoxy) is 1. The highest BCUT2D eigenvalue weighted by molar-refractivity contribution is 8.00. The first-order valence-corrected chi connectivity index (χ1v) is 11.3. The molecule has 0 aliphatic carbocycles. The van der Waals surface area contributed by atoms with Crippen LogP contribution in [0.25, 0.3) is 0 Å². The van der Waals surface area contributed by atoms with Crippen molar-refractivity contribution in [3.8, 4) is 0 Å². The number of amides is 1. The maximum atomic E-state index is 12.7. The van der Waals surface area contributed by atoms with E-state index in [2.05, 4.69) is 21.7 Å². The molecule has 1 amide bonds. The number of pyridine rings is 1. The van der Waals surface area contributed by atoms with Crippen LogP contribution in [0.1, 0.15) is 23.0 Å². The van der Waals surface area contributed by atoms with Crippen LogP contribution in [-0.4, -0.2) is 71.8 Å². The van der Waals surface area contributed by atoms with Crippen molar-refractivity contribution in [2.75, 3.05) is 44.4 Å². The minimum absolute atomic E-state index is 0.0805. The number of thioether (sulfide) groups is 1. The van der Waals surface area contributed by atoms with Crippen LogP contribution in [0.5, 0.6) is 0 Å². The van der Waals surface area contributed by atoms with Crippen molar-refractivity contribution in [3.05, 3.63) is 53.9 Å². The van der Waals surface area contributed by atoms with E-state index in [9.17, 15) is 18.0 Å². The zero-order valence-corrected chi connectivity index (χ0v) is 18.5. The Balaban J connectivity index is 1.38. The number of aromatic nitrogens is 1. The van der Waals surface area contributed by atoms with Gasteiger partial charge in [0.05, 0.1) is 19.9 Å². The number of carbonyl (C=O) groups is 1. The topological polar surface area (TPSA) is 48.9 Å². The van der Waals surface area contributed by atoms with E-state index in [-0.39, 0.29) is 28.6 Å². The summed E-state index contributed by atoms with van der Waals surface area (Å²) in [5.74, 6) is -0.0805. The smallest absolute Gasteiger partial charge is 0.378 e. The lowest BCUT2D eigenvalue weighted by atomic mass is 10.2. The van der Waals surface area contributed by atoms with Gasteiger partial charge in [-0.25, -0.2) is 0 Å². The molecule has 1 unspecified atom stereocenters. The van der Waals surface area contributed by atoms with Crippen LogP contribution in [0, 0.1) is 0 Å². The average Bonchev–Trinajstić information content (AvgIpc) is 3.13. The zero-order valence-electron chi connectivity index (χ0n) is 17.7. The van der Waals surface area contributed by atoms with Gasteiger partial charge in [-0.1, -0.05) is 0 Å². The molecule has 2 aliphatic rings. The minimum Gasteiger partial charge on any atom is -0.378 e. The summed E-state index contributed by atoms with van der Waals surface area (Å²) in [5.41, 5.74) is -1.95. The molecule has 2 fully saturated rings. The SMILES string of the molecule is CC1CN(c2ccc(SC(F)(F)F)cc2)CN1Cc1ccnc(C(=O)N2CCOCC2)c1. The number of halogens is 3. The lowest BCUT2D eigenvalue weighted by molar-refractivity contribution is -0.0328. The van der Waals surface area contributed by atoms with Gasteiger partial charge < -0.3 is 14.5 Å². The number of hydrogen-bond acceptors (Lipinski definition) is 6. The molecule has 4 rings (SSSR count). The maximum Gasteiger partial charge on any atom is 0.446 e. The third-order valence-electron chi connectivity index (χ3n) is 5.62. The Morgan fingerprint density at radius 2 is 1.91 bits per heavy atom. The second kappa shape index (κ2) is 9.68. The highest BCUT2D eigenvalue weighted by Gasteiger charge is 2.30. The molecule has 172 valence electrons. The van der Waals surface area contributed by atoms with Crippen molar-refractivity contribution in [1.29, 1.82) is 0 Å². The van der Waals surface area contributed by atoms with Gasteiger partial charge in [-0.05, 0) is 60.6 Å². The molecule has 3 heterocycles. The molecule has 0 bridgehead atoms. The molecule has 2 aliphatic heterocycles. The van der Waals surface area contributed by atoms with Crippen molar-refractivity contribution in [2.45, 2.75) is 29.9 Å². The number of carbonyl (C=O) groups excluding carboxylic acids is 1. The largest absolute Gasteiger partial charge is 0.446 e. The fourth-order valence-electron chi connectivity index (χ4n) is 3.95.